The van der Waals surface area contributed by atoms with Gasteiger partial charge in [0.15, 0.2) is 11.6 Å². The second-order valence-electron chi connectivity index (χ2n) is 5.97. The number of hydrogen-bond donors (Lipinski definition) is 1. The standard InChI is InChI=1S/C17H26FNO/c1-4-17(5-2,12-19-14-9-10-14)11-13-7-6-8-15(20-3)16(13)18/h6-8,14,19H,4-5,9-12H2,1-3H3. The minimum atomic E-state index is -0.201. The molecule has 1 aliphatic rings. The molecule has 1 saturated carbocycles. The fourth-order valence-electron chi connectivity index (χ4n) is 2.72. The summed E-state index contributed by atoms with van der Waals surface area (Å²) in [6, 6.07) is 6.14. The van der Waals surface area contributed by atoms with Crippen molar-refractivity contribution >= 4 is 0 Å². The third kappa shape index (κ3) is 3.51. The van der Waals surface area contributed by atoms with Gasteiger partial charge >= 0.3 is 0 Å². The van der Waals surface area contributed by atoms with Crippen LogP contribution in [0.5, 0.6) is 5.75 Å². The summed E-state index contributed by atoms with van der Waals surface area (Å²) in [4.78, 5) is 0. The zero-order chi connectivity index (χ0) is 14.6. The Morgan fingerprint density at radius 2 is 2.00 bits per heavy atom. The molecule has 1 N–H and O–H groups in total. The Morgan fingerprint density at radius 1 is 1.30 bits per heavy atom. The monoisotopic (exact) mass is 279 g/mol. The van der Waals surface area contributed by atoms with Crippen molar-refractivity contribution in [3.8, 4) is 5.75 Å². The summed E-state index contributed by atoms with van der Waals surface area (Å²) in [6.07, 6.45) is 5.45. The summed E-state index contributed by atoms with van der Waals surface area (Å²) in [5.74, 6) is 0.145. The second kappa shape index (κ2) is 6.57. The largest absolute Gasteiger partial charge is 0.494 e. The lowest BCUT2D eigenvalue weighted by molar-refractivity contribution is 0.242. The van der Waals surface area contributed by atoms with Gasteiger partial charge in [0.1, 0.15) is 0 Å². The molecule has 0 aromatic heterocycles. The molecule has 1 aromatic rings. The van der Waals surface area contributed by atoms with E-state index in [4.69, 9.17) is 4.74 Å². The Labute approximate surface area is 121 Å². The molecule has 0 atom stereocenters. The van der Waals surface area contributed by atoms with Crippen LogP contribution in [0.25, 0.3) is 0 Å². The zero-order valence-electron chi connectivity index (χ0n) is 12.8. The van der Waals surface area contributed by atoms with E-state index in [9.17, 15) is 4.39 Å². The van der Waals surface area contributed by atoms with Gasteiger partial charge in [0.25, 0.3) is 0 Å². The van der Waals surface area contributed by atoms with E-state index in [0.29, 0.717) is 11.8 Å². The SMILES string of the molecule is CCC(CC)(CNC1CC1)Cc1cccc(OC)c1F. The number of halogens is 1. The van der Waals surface area contributed by atoms with E-state index in [1.807, 2.05) is 12.1 Å². The van der Waals surface area contributed by atoms with Crippen LogP contribution in [0.2, 0.25) is 0 Å². The molecule has 2 nitrogen and oxygen atoms in total. The zero-order valence-corrected chi connectivity index (χ0v) is 12.8. The first-order valence-electron chi connectivity index (χ1n) is 7.69. The maximum absolute atomic E-state index is 14.3. The summed E-state index contributed by atoms with van der Waals surface area (Å²) in [5.41, 5.74) is 0.904. The van der Waals surface area contributed by atoms with Gasteiger partial charge < -0.3 is 10.1 Å². The lowest BCUT2D eigenvalue weighted by atomic mass is 9.76. The van der Waals surface area contributed by atoms with Gasteiger partial charge in [-0.3, -0.25) is 0 Å². The maximum atomic E-state index is 14.3. The van der Waals surface area contributed by atoms with E-state index < -0.39 is 0 Å². The Balaban J connectivity index is 2.13. The number of methoxy groups -OCH3 is 1. The van der Waals surface area contributed by atoms with Crippen molar-refractivity contribution < 1.29 is 9.13 Å². The van der Waals surface area contributed by atoms with Crippen LogP contribution < -0.4 is 10.1 Å². The highest BCUT2D eigenvalue weighted by Crippen LogP contribution is 2.34. The van der Waals surface area contributed by atoms with Gasteiger partial charge in [0.05, 0.1) is 7.11 Å². The first-order chi connectivity index (χ1) is 9.64. The first kappa shape index (κ1) is 15.3. The third-order valence-corrected chi connectivity index (χ3v) is 4.67. The maximum Gasteiger partial charge on any atom is 0.168 e. The van der Waals surface area contributed by atoms with Crippen LogP contribution in [-0.4, -0.2) is 19.7 Å². The number of benzene rings is 1. The van der Waals surface area contributed by atoms with Crippen molar-refractivity contribution in [1.82, 2.24) is 5.32 Å². The highest BCUT2D eigenvalue weighted by atomic mass is 19.1. The predicted molar refractivity (Wildman–Crippen MR) is 80.7 cm³/mol. The van der Waals surface area contributed by atoms with Gasteiger partial charge in [-0.2, -0.15) is 0 Å². The quantitative estimate of drug-likeness (QED) is 0.778. The molecular weight excluding hydrogens is 253 g/mol. The smallest absolute Gasteiger partial charge is 0.168 e. The Bertz CT molecular complexity index is 439. The summed E-state index contributed by atoms with van der Waals surface area (Å²) in [5, 5.41) is 3.61. The molecule has 2 rings (SSSR count). The average molecular weight is 279 g/mol. The summed E-state index contributed by atoms with van der Waals surface area (Å²) < 4.78 is 19.4. The molecule has 0 heterocycles. The van der Waals surface area contributed by atoms with Crippen LogP contribution in [0.15, 0.2) is 18.2 Å². The van der Waals surface area contributed by atoms with Crippen LogP contribution in [0, 0.1) is 11.2 Å². The molecular formula is C17H26FNO. The van der Waals surface area contributed by atoms with Gasteiger partial charge in [-0.05, 0) is 49.1 Å². The minimum Gasteiger partial charge on any atom is -0.494 e. The van der Waals surface area contributed by atoms with Crippen molar-refractivity contribution in [3.63, 3.8) is 0 Å². The molecule has 1 aliphatic carbocycles. The van der Waals surface area contributed by atoms with Crippen LogP contribution in [0.3, 0.4) is 0 Å². The van der Waals surface area contributed by atoms with Gasteiger partial charge in [0, 0.05) is 12.6 Å². The first-order valence-corrected chi connectivity index (χ1v) is 7.69. The number of nitrogens with one attached hydrogen (secondary N) is 1. The van der Waals surface area contributed by atoms with Crippen LogP contribution in [0.4, 0.5) is 4.39 Å². The van der Waals surface area contributed by atoms with Gasteiger partial charge in [0.2, 0.25) is 0 Å². The fourth-order valence-corrected chi connectivity index (χ4v) is 2.72. The van der Waals surface area contributed by atoms with Crippen molar-refractivity contribution in [2.24, 2.45) is 5.41 Å². The van der Waals surface area contributed by atoms with Crippen LogP contribution in [-0.2, 0) is 6.42 Å². The van der Waals surface area contributed by atoms with Gasteiger partial charge in [-0.25, -0.2) is 4.39 Å². The van der Waals surface area contributed by atoms with E-state index in [-0.39, 0.29) is 11.2 Å². The van der Waals surface area contributed by atoms with Crippen LogP contribution in [0.1, 0.15) is 45.1 Å². The lowest BCUT2D eigenvalue weighted by Gasteiger charge is -2.32. The van der Waals surface area contributed by atoms with E-state index in [1.54, 1.807) is 6.07 Å². The molecule has 1 aromatic carbocycles. The molecule has 112 valence electrons. The fraction of sp³-hybridized carbons (Fsp3) is 0.647. The molecule has 0 spiro atoms. The molecule has 3 heteroatoms. The van der Waals surface area contributed by atoms with E-state index in [2.05, 4.69) is 19.2 Å². The van der Waals surface area contributed by atoms with Crippen LogP contribution >= 0.6 is 0 Å². The number of hydrogen-bond acceptors (Lipinski definition) is 2. The Hall–Kier alpha value is -1.09. The average Bonchev–Trinajstić information content (AvgIpc) is 3.30. The van der Waals surface area contributed by atoms with E-state index in [1.165, 1.54) is 20.0 Å². The highest BCUT2D eigenvalue weighted by Gasteiger charge is 2.31. The van der Waals surface area contributed by atoms with Gasteiger partial charge in [-0.1, -0.05) is 26.0 Å². The van der Waals surface area contributed by atoms with Crippen molar-refractivity contribution in [1.29, 1.82) is 0 Å². The Morgan fingerprint density at radius 3 is 2.55 bits per heavy atom. The van der Waals surface area contributed by atoms with E-state index in [0.717, 1.165) is 31.4 Å². The molecule has 1 fully saturated rings. The summed E-state index contributed by atoms with van der Waals surface area (Å²) in [6.45, 7) is 5.38. The molecule has 0 amide bonds. The van der Waals surface area contributed by atoms with E-state index >= 15 is 0 Å². The van der Waals surface area contributed by atoms with Crippen molar-refractivity contribution in [2.45, 2.75) is 52.0 Å². The Kier molecular flexibility index (Phi) is 5.03. The lowest BCUT2D eigenvalue weighted by Crippen LogP contribution is -2.36. The molecule has 20 heavy (non-hydrogen) atoms. The summed E-state index contributed by atoms with van der Waals surface area (Å²) >= 11 is 0. The third-order valence-electron chi connectivity index (χ3n) is 4.67. The van der Waals surface area contributed by atoms with Gasteiger partial charge in [-0.15, -0.1) is 0 Å². The molecule has 0 radical (unpaired) electrons. The highest BCUT2D eigenvalue weighted by molar-refractivity contribution is 5.31. The minimum absolute atomic E-state index is 0.135. The molecule has 0 unspecified atom stereocenters. The molecule has 0 aliphatic heterocycles. The molecule has 0 saturated heterocycles. The number of ether oxygens (including phenoxy) is 1. The van der Waals surface area contributed by atoms with Crippen molar-refractivity contribution in [3.05, 3.63) is 29.6 Å². The topological polar surface area (TPSA) is 21.3 Å². The predicted octanol–water partition coefficient (Wildman–Crippen LogP) is 3.94. The second-order valence-corrected chi connectivity index (χ2v) is 5.97. The summed E-state index contributed by atoms with van der Waals surface area (Å²) in [7, 11) is 1.52. The van der Waals surface area contributed by atoms with Crippen molar-refractivity contribution in [2.75, 3.05) is 13.7 Å². The molecule has 0 bridgehead atoms. The number of rotatable bonds is 8. The normalized spacial score (nSPS) is 15.4.